The molecule has 0 saturated heterocycles. The van der Waals surface area contributed by atoms with E-state index in [1.165, 1.54) is 12.1 Å². The minimum atomic E-state index is -3.90. The van der Waals surface area contributed by atoms with Gasteiger partial charge >= 0.3 is 0 Å². The summed E-state index contributed by atoms with van der Waals surface area (Å²) in [6.45, 7) is 0.0640. The second kappa shape index (κ2) is 6.07. The van der Waals surface area contributed by atoms with Gasteiger partial charge in [0.05, 0.1) is 10.6 Å². The van der Waals surface area contributed by atoms with E-state index in [1.807, 2.05) is 0 Å². The summed E-state index contributed by atoms with van der Waals surface area (Å²) < 4.78 is 36.2. The Morgan fingerprint density at radius 1 is 1.35 bits per heavy atom. The zero-order chi connectivity index (χ0) is 14.8. The van der Waals surface area contributed by atoms with Crippen molar-refractivity contribution >= 4 is 15.7 Å². The van der Waals surface area contributed by atoms with Crippen LogP contribution in [0.1, 0.15) is 25.7 Å². The monoisotopic (exact) mass is 302 g/mol. The first-order valence-electron chi connectivity index (χ1n) is 6.61. The first-order valence-corrected chi connectivity index (χ1v) is 8.16. The fraction of sp³-hybridized carbons (Fsp3) is 0.538. The molecule has 1 aromatic rings. The van der Waals surface area contributed by atoms with Crippen LogP contribution in [-0.2, 0) is 10.0 Å². The number of hydrogen-bond acceptors (Lipinski definition) is 4. The highest BCUT2D eigenvalue weighted by Gasteiger charge is 2.25. The molecule has 1 aliphatic rings. The lowest BCUT2D eigenvalue weighted by atomic mass is 9.85. The normalized spacial score (nSPS) is 23.6. The molecule has 1 aromatic carbocycles. The minimum Gasteiger partial charge on any atom is -0.396 e. The quantitative estimate of drug-likeness (QED) is 0.784. The van der Waals surface area contributed by atoms with Crippen LogP contribution in [0.15, 0.2) is 23.1 Å². The summed E-state index contributed by atoms with van der Waals surface area (Å²) in [5, 5.41) is 17.3. The van der Waals surface area contributed by atoms with E-state index >= 15 is 0 Å². The van der Waals surface area contributed by atoms with Gasteiger partial charge in [0.15, 0.2) is 0 Å². The highest BCUT2D eigenvalue weighted by Crippen LogP contribution is 2.28. The summed E-state index contributed by atoms with van der Waals surface area (Å²) in [5.74, 6) is -0.556. The van der Waals surface area contributed by atoms with Gasteiger partial charge < -0.3 is 10.4 Å². The van der Waals surface area contributed by atoms with E-state index in [1.54, 1.807) is 0 Å². The van der Waals surface area contributed by atoms with Gasteiger partial charge in [-0.2, -0.15) is 0 Å². The number of halogens is 1. The van der Waals surface area contributed by atoms with E-state index in [9.17, 15) is 17.9 Å². The zero-order valence-electron chi connectivity index (χ0n) is 11.0. The summed E-state index contributed by atoms with van der Waals surface area (Å²) in [5.41, 5.74) is 0.239. The van der Waals surface area contributed by atoms with Crippen molar-refractivity contribution in [1.82, 2.24) is 0 Å². The fourth-order valence-electron chi connectivity index (χ4n) is 2.61. The van der Waals surface area contributed by atoms with Crippen molar-refractivity contribution in [2.75, 3.05) is 11.9 Å². The maximum absolute atomic E-state index is 13.9. The number of rotatable bonds is 4. The molecule has 1 aliphatic carbocycles. The van der Waals surface area contributed by atoms with Gasteiger partial charge in [0.1, 0.15) is 5.82 Å². The van der Waals surface area contributed by atoms with Crippen molar-refractivity contribution in [2.45, 2.75) is 36.6 Å². The number of hydrogen-bond donors (Lipinski definition) is 3. The molecule has 2 rings (SSSR count). The third-order valence-corrected chi connectivity index (χ3v) is 4.66. The lowest BCUT2D eigenvalue weighted by Crippen LogP contribution is -2.34. The molecule has 0 heterocycles. The molecule has 5 nitrogen and oxygen atoms in total. The maximum Gasteiger partial charge on any atom is 0.238 e. The van der Waals surface area contributed by atoms with Gasteiger partial charge in [0, 0.05) is 18.6 Å². The number of primary sulfonamides is 1. The number of anilines is 1. The molecule has 2 atom stereocenters. The Kier molecular flexibility index (Phi) is 4.62. The number of nitrogens with one attached hydrogen (secondary N) is 1. The molecule has 2 unspecified atom stereocenters. The molecule has 0 radical (unpaired) electrons. The van der Waals surface area contributed by atoms with Gasteiger partial charge in [0.2, 0.25) is 10.0 Å². The predicted molar refractivity (Wildman–Crippen MR) is 74.2 cm³/mol. The molecule has 0 amide bonds. The molecule has 1 fully saturated rings. The molecule has 1 saturated carbocycles. The van der Waals surface area contributed by atoms with E-state index in [2.05, 4.69) is 5.32 Å². The lowest BCUT2D eigenvalue weighted by molar-refractivity contribution is 0.178. The fourth-order valence-corrected chi connectivity index (χ4v) is 3.13. The third kappa shape index (κ3) is 3.47. The predicted octanol–water partition coefficient (Wildman–Crippen LogP) is 1.44. The van der Waals surface area contributed by atoms with Gasteiger partial charge in [-0.15, -0.1) is 0 Å². The number of nitrogens with two attached hydrogens (primary N) is 1. The molecule has 7 heteroatoms. The zero-order valence-corrected chi connectivity index (χ0v) is 11.9. The van der Waals surface area contributed by atoms with Crippen LogP contribution in [0.5, 0.6) is 0 Å². The van der Waals surface area contributed by atoms with Crippen LogP contribution in [0.4, 0.5) is 10.1 Å². The Hall–Kier alpha value is -1.18. The maximum atomic E-state index is 13.9. The van der Waals surface area contributed by atoms with Gasteiger partial charge in [-0.3, -0.25) is 0 Å². The van der Waals surface area contributed by atoms with Crippen molar-refractivity contribution in [2.24, 2.45) is 11.1 Å². The lowest BCUT2D eigenvalue weighted by Gasteiger charge is -2.31. The van der Waals surface area contributed by atoms with E-state index < -0.39 is 15.8 Å². The molecule has 20 heavy (non-hydrogen) atoms. The number of benzene rings is 1. The number of sulfonamides is 1. The SMILES string of the molecule is NS(=O)(=O)c1ccc(NC2CCCCC2CO)c(F)c1. The summed E-state index contributed by atoms with van der Waals surface area (Å²) >= 11 is 0. The van der Waals surface area contributed by atoms with E-state index in [0.29, 0.717) is 0 Å². The van der Waals surface area contributed by atoms with Gasteiger partial charge in [-0.1, -0.05) is 12.8 Å². The average Bonchev–Trinajstić information content (AvgIpc) is 2.40. The van der Waals surface area contributed by atoms with Crippen molar-refractivity contribution < 1.29 is 17.9 Å². The second-order valence-electron chi connectivity index (χ2n) is 5.16. The molecule has 4 N–H and O–H groups in total. The minimum absolute atomic E-state index is 0.00332. The molecule has 0 aliphatic heterocycles. The van der Waals surface area contributed by atoms with Gasteiger partial charge in [0.25, 0.3) is 0 Å². The average molecular weight is 302 g/mol. The molecular formula is C13H19FN2O3S. The summed E-state index contributed by atoms with van der Waals surface area (Å²) in [6.07, 6.45) is 3.87. The molecule has 112 valence electrons. The Morgan fingerprint density at radius 3 is 2.65 bits per heavy atom. The van der Waals surface area contributed by atoms with Crippen molar-refractivity contribution in [1.29, 1.82) is 0 Å². The van der Waals surface area contributed by atoms with Crippen LogP contribution in [0, 0.1) is 11.7 Å². The van der Waals surface area contributed by atoms with Crippen molar-refractivity contribution in [3.8, 4) is 0 Å². The van der Waals surface area contributed by atoms with Crippen LogP contribution in [-0.4, -0.2) is 26.2 Å². The highest BCUT2D eigenvalue weighted by atomic mass is 32.2. The van der Waals surface area contributed by atoms with Crippen LogP contribution in [0.25, 0.3) is 0 Å². The molecule has 0 spiro atoms. The summed E-state index contributed by atoms with van der Waals surface area (Å²) in [7, 11) is -3.90. The second-order valence-corrected chi connectivity index (χ2v) is 6.73. The Labute approximate surface area is 118 Å². The summed E-state index contributed by atoms with van der Waals surface area (Å²) in [6, 6.07) is 3.56. The Bertz CT molecular complexity index is 577. The summed E-state index contributed by atoms with van der Waals surface area (Å²) in [4.78, 5) is -0.247. The Morgan fingerprint density at radius 2 is 2.05 bits per heavy atom. The largest absolute Gasteiger partial charge is 0.396 e. The Balaban J connectivity index is 2.17. The van der Waals surface area contributed by atoms with E-state index in [-0.39, 0.29) is 29.1 Å². The topological polar surface area (TPSA) is 92.4 Å². The van der Waals surface area contributed by atoms with Gasteiger partial charge in [-0.25, -0.2) is 17.9 Å². The first kappa shape index (κ1) is 15.2. The number of aliphatic hydroxyl groups excluding tert-OH is 1. The van der Waals surface area contributed by atoms with Crippen molar-refractivity contribution in [3.05, 3.63) is 24.0 Å². The van der Waals surface area contributed by atoms with Crippen LogP contribution in [0.3, 0.4) is 0 Å². The van der Waals surface area contributed by atoms with E-state index in [0.717, 1.165) is 31.7 Å². The van der Waals surface area contributed by atoms with Crippen molar-refractivity contribution in [3.63, 3.8) is 0 Å². The molecule has 0 aromatic heterocycles. The number of aliphatic hydroxyl groups is 1. The smallest absolute Gasteiger partial charge is 0.238 e. The first-order chi connectivity index (χ1) is 9.41. The standard InChI is InChI=1S/C13H19FN2O3S/c14-11-7-10(20(15,18)19)5-6-13(11)16-12-4-2-1-3-9(12)8-17/h5-7,9,12,16-17H,1-4,8H2,(H2,15,18,19). The van der Waals surface area contributed by atoms with E-state index in [4.69, 9.17) is 5.14 Å². The van der Waals surface area contributed by atoms with Crippen LogP contribution in [0.2, 0.25) is 0 Å². The van der Waals surface area contributed by atoms with Gasteiger partial charge in [-0.05, 0) is 31.0 Å². The van der Waals surface area contributed by atoms with Crippen LogP contribution >= 0.6 is 0 Å². The molecular weight excluding hydrogens is 283 g/mol. The highest BCUT2D eigenvalue weighted by molar-refractivity contribution is 7.89. The third-order valence-electron chi connectivity index (χ3n) is 3.75. The molecule has 0 bridgehead atoms. The van der Waals surface area contributed by atoms with Crippen LogP contribution < -0.4 is 10.5 Å².